The van der Waals surface area contributed by atoms with E-state index in [0.717, 1.165) is 22.7 Å². The Kier molecular flexibility index (Phi) is 4.23. The predicted molar refractivity (Wildman–Crippen MR) is 81.6 cm³/mol. The van der Waals surface area contributed by atoms with Crippen LogP contribution in [0.25, 0.3) is 0 Å². The number of hydrogen-bond acceptors (Lipinski definition) is 3. The number of nitrogens with zero attached hydrogens (tertiary/aromatic N) is 1. The molecule has 0 spiro atoms. The predicted octanol–water partition coefficient (Wildman–Crippen LogP) is 4.26. The average Bonchev–Trinajstić information content (AvgIpc) is 2.85. The number of benzene rings is 1. The topological polar surface area (TPSA) is 50.2 Å². The lowest BCUT2D eigenvalue weighted by Gasteiger charge is -2.30. The summed E-state index contributed by atoms with van der Waals surface area (Å²) in [5.74, 6) is -0.945. The normalized spacial score (nSPS) is 11.6. The SMILES string of the molecule is CCC(CC)(c1ccccc1)c1nc(C(=O)O)c(C)s1. The molecule has 0 saturated heterocycles. The molecular formula is C16H19NO2S. The fourth-order valence-electron chi connectivity index (χ4n) is 2.64. The number of carboxylic acid groups (broad SMARTS) is 1. The van der Waals surface area contributed by atoms with Gasteiger partial charge in [-0.15, -0.1) is 11.3 Å². The van der Waals surface area contributed by atoms with Crippen molar-refractivity contribution in [2.75, 3.05) is 0 Å². The van der Waals surface area contributed by atoms with Crippen LogP contribution in [0.3, 0.4) is 0 Å². The third-order valence-corrected chi connectivity index (χ3v) is 5.12. The number of aromatic nitrogens is 1. The first-order chi connectivity index (χ1) is 9.55. The molecule has 0 saturated carbocycles. The van der Waals surface area contributed by atoms with E-state index in [9.17, 15) is 9.90 Å². The van der Waals surface area contributed by atoms with E-state index >= 15 is 0 Å². The average molecular weight is 289 g/mol. The van der Waals surface area contributed by atoms with Crippen LogP contribution in [-0.2, 0) is 5.41 Å². The molecule has 0 fully saturated rings. The quantitative estimate of drug-likeness (QED) is 0.895. The molecule has 0 unspecified atom stereocenters. The van der Waals surface area contributed by atoms with Gasteiger partial charge < -0.3 is 5.11 Å². The fraction of sp³-hybridized carbons (Fsp3) is 0.375. The van der Waals surface area contributed by atoms with E-state index in [1.54, 1.807) is 0 Å². The molecule has 1 heterocycles. The Bertz CT molecular complexity index is 600. The molecule has 0 aliphatic rings. The van der Waals surface area contributed by atoms with E-state index < -0.39 is 5.97 Å². The zero-order valence-electron chi connectivity index (χ0n) is 12.0. The van der Waals surface area contributed by atoms with E-state index in [1.807, 2.05) is 25.1 Å². The van der Waals surface area contributed by atoms with Gasteiger partial charge in [0.15, 0.2) is 5.69 Å². The van der Waals surface area contributed by atoms with Gasteiger partial charge in [0.05, 0.1) is 0 Å². The van der Waals surface area contributed by atoms with Gasteiger partial charge in [0, 0.05) is 10.3 Å². The van der Waals surface area contributed by atoms with Gasteiger partial charge in [0.25, 0.3) is 0 Å². The second kappa shape index (κ2) is 5.75. The van der Waals surface area contributed by atoms with E-state index in [-0.39, 0.29) is 11.1 Å². The zero-order valence-corrected chi connectivity index (χ0v) is 12.8. The van der Waals surface area contributed by atoms with Gasteiger partial charge in [0.2, 0.25) is 0 Å². The van der Waals surface area contributed by atoms with Crippen LogP contribution in [-0.4, -0.2) is 16.1 Å². The largest absolute Gasteiger partial charge is 0.476 e. The van der Waals surface area contributed by atoms with Crippen molar-refractivity contribution in [2.24, 2.45) is 0 Å². The molecule has 20 heavy (non-hydrogen) atoms. The number of thiazole rings is 1. The summed E-state index contributed by atoms with van der Waals surface area (Å²) in [5, 5.41) is 10.1. The summed E-state index contributed by atoms with van der Waals surface area (Å²) in [6, 6.07) is 10.2. The summed E-state index contributed by atoms with van der Waals surface area (Å²) < 4.78 is 0. The lowest BCUT2D eigenvalue weighted by molar-refractivity contribution is 0.0690. The van der Waals surface area contributed by atoms with Crippen molar-refractivity contribution in [3.05, 3.63) is 51.5 Å². The smallest absolute Gasteiger partial charge is 0.355 e. The van der Waals surface area contributed by atoms with Crippen molar-refractivity contribution in [3.8, 4) is 0 Å². The number of aryl methyl sites for hydroxylation is 1. The molecule has 1 N–H and O–H groups in total. The molecule has 1 aromatic heterocycles. The molecule has 0 radical (unpaired) electrons. The Morgan fingerprint density at radius 2 is 1.85 bits per heavy atom. The third-order valence-electron chi connectivity index (χ3n) is 3.94. The first kappa shape index (κ1) is 14.7. The third kappa shape index (κ3) is 2.36. The fourth-order valence-corrected chi connectivity index (χ4v) is 3.90. The number of carboxylic acids is 1. The minimum atomic E-state index is -0.945. The van der Waals surface area contributed by atoms with Crippen molar-refractivity contribution in [1.29, 1.82) is 0 Å². The minimum absolute atomic E-state index is 0.187. The van der Waals surface area contributed by atoms with Crippen LogP contribution < -0.4 is 0 Å². The Morgan fingerprint density at radius 1 is 1.25 bits per heavy atom. The molecule has 0 aliphatic carbocycles. The standard InChI is InChI=1S/C16H19NO2S/c1-4-16(5-2,12-9-7-6-8-10-12)15-17-13(14(18)19)11(3)20-15/h6-10H,4-5H2,1-3H3,(H,18,19). The Hall–Kier alpha value is -1.68. The molecular weight excluding hydrogens is 270 g/mol. The highest BCUT2D eigenvalue weighted by Crippen LogP contribution is 2.41. The summed E-state index contributed by atoms with van der Waals surface area (Å²) >= 11 is 1.50. The highest BCUT2D eigenvalue weighted by atomic mass is 32.1. The van der Waals surface area contributed by atoms with Crippen LogP contribution in [0.5, 0.6) is 0 Å². The van der Waals surface area contributed by atoms with E-state index in [0.29, 0.717) is 0 Å². The summed E-state index contributed by atoms with van der Waals surface area (Å²) in [5.41, 5.74) is 1.20. The van der Waals surface area contributed by atoms with Crippen molar-refractivity contribution in [3.63, 3.8) is 0 Å². The van der Waals surface area contributed by atoms with E-state index in [4.69, 9.17) is 0 Å². The van der Waals surface area contributed by atoms with Crippen LogP contribution in [0.4, 0.5) is 0 Å². The van der Waals surface area contributed by atoms with Gasteiger partial charge in [-0.05, 0) is 25.3 Å². The molecule has 1 aromatic carbocycles. The van der Waals surface area contributed by atoms with Crippen molar-refractivity contribution in [1.82, 2.24) is 4.98 Å². The van der Waals surface area contributed by atoms with E-state index in [1.165, 1.54) is 16.9 Å². The van der Waals surface area contributed by atoms with Crippen LogP contribution in [0.1, 0.15) is 52.6 Å². The lowest BCUT2D eigenvalue weighted by atomic mass is 9.76. The maximum Gasteiger partial charge on any atom is 0.355 e. The van der Waals surface area contributed by atoms with Crippen LogP contribution in [0, 0.1) is 6.92 Å². The monoisotopic (exact) mass is 289 g/mol. The highest BCUT2D eigenvalue weighted by molar-refractivity contribution is 7.12. The summed E-state index contributed by atoms with van der Waals surface area (Å²) in [6.45, 7) is 6.09. The summed E-state index contributed by atoms with van der Waals surface area (Å²) in [7, 11) is 0. The highest BCUT2D eigenvalue weighted by Gasteiger charge is 2.35. The van der Waals surface area contributed by atoms with Gasteiger partial charge >= 0.3 is 5.97 Å². The van der Waals surface area contributed by atoms with Gasteiger partial charge in [-0.3, -0.25) is 0 Å². The molecule has 0 aliphatic heterocycles. The van der Waals surface area contributed by atoms with Crippen molar-refractivity contribution >= 4 is 17.3 Å². The summed E-state index contributed by atoms with van der Waals surface area (Å²) in [4.78, 5) is 16.4. The second-order valence-corrected chi connectivity index (χ2v) is 6.09. The minimum Gasteiger partial charge on any atom is -0.476 e. The van der Waals surface area contributed by atoms with Crippen molar-refractivity contribution < 1.29 is 9.90 Å². The number of rotatable bonds is 5. The molecule has 0 amide bonds. The van der Waals surface area contributed by atoms with Crippen LogP contribution >= 0.6 is 11.3 Å². The molecule has 2 rings (SSSR count). The number of aromatic carboxylic acids is 1. The molecule has 4 heteroatoms. The molecule has 0 bridgehead atoms. The van der Waals surface area contributed by atoms with Crippen molar-refractivity contribution in [2.45, 2.75) is 39.0 Å². The molecule has 2 aromatic rings. The Labute approximate surface area is 123 Å². The van der Waals surface area contributed by atoms with Gasteiger partial charge in [0.1, 0.15) is 5.01 Å². The summed E-state index contributed by atoms with van der Waals surface area (Å²) in [6.07, 6.45) is 1.80. The first-order valence-electron chi connectivity index (χ1n) is 6.82. The molecule has 0 atom stereocenters. The number of carbonyl (C=O) groups is 1. The van der Waals surface area contributed by atoms with Crippen LogP contribution in [0.15, 0.2) is 30.3 Å². The van der Waals surface area contributed by atoms with Gasteiger partial charge in [-0.25, -0.2) is 9.78 Å². The maximum atomic E-state index is 11.2. The Morgan fingerprint density at radius 3 is 2.30 bits per heavy atom. The first-order valence-corrected chi connectivity index (χ1v) is 7.63. The maximum absolute atomic E-state index is 11.2. The van der Waals surface area contributed by atoms with E-state index in [2.05, 4.69) is 31.0 Å². The second-order valence-electron chi connectivity index (χ2n) is 4.88. The van der Waals surface area contributed by atoms with Crippen LogP contribution in [0.2, 0.25) is 0 Å². The number of hydrogen-bond donors (Lipinski definition) is 1. The molecule has 3 nitrogen and oxygen atoms in total. The van der Waals surface area contributed by atoms with Gasteiger partial charge in [-0.2, -0.15) is 0 Å². The van der Waals surface area contributed by atoms with Gasteiger partial charge in [-0.1, -0.05) is 44.2 Å². The lowest BCUT2D eigenvalue weighted by Crippen LogP contribution is -2.26. The Balaban J connectivity index is 2.59. The zero-order chi connectivity index (χ0) is 14.8. The molecule has 106 valence electrons.